The largest absolute Gasteiger partial charge is 0.348 e. The summed E-state index contributed by atoms with van der Waals surface area (Å²) in [7, 11) is 1.95. The Kier molecular flexibility index (Phi) is 4.05. The molecule has 1 fully saturated rings. The Bertz CT molecular complexity index is 862. The first-order chi connectivity index (χ1) is 12.2. The zero-order valence-corrected chi connectivity index (χ0v) is 14.0. The summed E-state index contributed by atoms with van der Waals surface area (Å²) in [4.78, 5) is 22.9. The fraction of sp³-hybridized carbons (Fsp3) is 0.333. The molecule has 0 unspecified atom stereocenters. The Morgan fingerprint density at radius 1 is 1.24 bits per heavy atom. The van der Waals surface area contributed by atoms with Crippen LogP contribution in [0.4, 0.5) is 0 Å². The molecule has 0 bridgehead atoms. The molecular formula is C18H19N5O2. The van der Waals surface area contributed by atoms with Crippen molar-refractivity contribution in [3.05, 3.63) is 54.3 Å². The zero-order chi connectivity index (χ0) is 17.2. The lowest BCUT2D eigenvalue weighted by molar-refractivity contribution is 0.0704. The normalized spacial score (nSPS) is 15.5. The minimum atomic E-state index is 0.0292. The Labute approximate surface area is 145 Å². The highest BCUT2D eigenvalue weighted by atomic mass is 16.5. The number of nitrogens with zero attached hydrogens (tertiary/aromatic N) is 5. The van der Waals surface area contributed by atoms with E-state index < -0.39 is 0 Å². The van der Waals surface area contributed by atoms with Gasteiger partial charge in [-0.1, -0.05) is 5.16 Å². The zero-order valence-electron chi connectivity index (χ0n) is 14.0. The molecule has 0 saturated carbocycles. The number of aryl methyl sites for hydroxylation is 1. The average Bonchev–Trinajstić information content (AvgIpc) is 3.31. The van der Waals surface area contributed by atoms with Gasteiger partial charge in [-0.15, -0.1) is 0 Å². The van der Waals surface area contributed by atoms with E-state index in [1.165, 1.54) is 0 Å². The van der Waals surface area contributed by atoms with E-state index in [1.807, 2.05) is 34.8 Å². The number of carbonyl (C=O) groups is 1. The van der Waals surface area contributed by atoms with Gasteiger partial charge in [0.25, 0.3) is 5.91 Å². The van der Waals surface area contributed by atoms with Gasteiger partial charge in [0.1, 0.15) is 0 Å². The number of hydrogen-bond donors (Lipinski definition) is 0. The van der Waals surface area contributed by atoms with Crippen LogP contribution in [-0.4, -0.2) is 43.6 Å². The van der Waals surface area contributed by atoms with Crippen molar-refractivity contribution in [1.82, 2.24) is 24.6 Å². The van der Waals surface area contributed by atoms with E-state index in [9.17, 15) is 4.79 Å². The quantitative estimate of drug-likeness (QED) is 0.734. The Morgan fingerprint density at radius 3 is 2.76 bits per heavy atom. The lowest BCUT2D eigenvalue weighted by Gasteiger charge is -2.30. The van der Waals surface area contributed by atoms with Gasteiger partial charge in [0, 0.05) is 44.6 Å². The first kappa shape index (κ1) is 15.6. The van der Waals surface area contributed by atoms with E-state index >= 15 is 0 Å². The predicted octanol–water partition coefficient (Wildman–Crippen LogP) is 2.49. The summed E-state index contributed by atoms with van der Waals surface area (Å²) in [6.45, 7) is 1.36. The maximum absolute atomic E-state index is 12.5. The highest BCUT2D eigenvalue weighted by Gasteiger charge is 2.28. The molecule has 4 heterocycles. The molecule has 0 aliphatic carbocycles. The van der Waals surface area contributed by atoms with Crippen LogP contribution < -0.4 is 0 Å². The molecule has 0 atom stereocenters. The minimum absolute atomic E-state index is 0.0292. The summed E-state index contributed by atoms with van der Waals surface area (Å²) in [5.41, 5.74) is 1.56. The first-order valence-electron chi connectivity index (χ1n) is 8.37. The van der Waals surface area contributed by atoms with Gasteiger partial charge >= 0.3 is 0 Å². The number of hydrogen-bond acceptors (Lipinski definition) is 5. The molecule has 3 aromatic rings. The molecular weight excluding hydrogens is 318 g/mol. The fourth-order valence-electron chi connectivity index (χ4n) is 3.20. The topological polar surface area (TPSA) is 77.0 Å². The number of carbonyl (C=O) groups excluding carboxylic acids is 1. The van der Waals surface area contributed by atoms with Crippen LogP contribution in [0.3, 0.4) is 0 Å². The summed E-state index contributed by atoms with van der Waals surface area (Å²) in [6.07, 6.45) is 6.87. The predicted molar refractivity (Wildman–Crippen MR) is 90.8 cm³/mol. The molecule has 1 amide bonds. The fourth-order valence-corrected chi connectivity index (χ4v) is 3.20. The average molecular weight is 337 g/mol. The molecule has 0 N–H and O–H groups in total. The van der Waals surface area contributed by atoms with Crippen molar-refractivity contribution in [2.45, 2.75) is 18.8 Å². The van der Waals surface area contributed by atoms with Gasteiger partial charge in [0.2, 0.25) is 11.7 Å². The standard InChI is InChI=1S/C18H19N5O2/c1-22-9-3-5-15(22)16-20-17(25-21-16)13-6-10-23(11-7-13)18(24)14-4-2-8-19-12-14/h2-5,8-9,12-13H,6-7,10-11H2,1H3. The molecule has 3 aromatic heterocycles. The van der Waals surface area contributed by atoms with Crippen LogP contribution in [0.5, 0.6) is 0 Å². The van der Waals surface area contributed by atoms with Crippen molar-refractivity contribution in [2.24, 2.45) is 7.05 Å². The van der Waals surface area contributed by atoms with Crippen LogP contribution in [-0.2, 0) is 7.05 Å². The highest BCUT2D eigenvalue weighted by molar-refractivity contribution is 5.93. The molecule has 25 heavy (non-hydrogen) atoms. The molecule has 4 rings (SSSR count). The molecule has 0 spiro atoms. The van der Waals surface area contributed by atoms with Crippen LogP contribution >= 0.6 is 0 Å². The second kappa shape index (κ2) is 6.51. The highest BCUT2D eigenvalue weighted by Crippen LogP contribution is 2.29. The number of amides is 1. The molecule has 1 aliphatic heterocycles. The lowest BCUT2D eigenvalue weighted by atomic mass is 9.96. The monoisotopic (exact) mass is 337 g/mol. The third-order valence-electron chi connectivity index (χ3n) is 4.65. The molecule has 128 valence electrons. The van der Waals surface area contributed by atoms with E-state index in [0.29, 0.717) is 30.4 Å². The van der Waals surface area contributed by atoms with Crippen molar-refractivity contribution >= 4 is 5.91 Å². The number of likely N-dealkylation sites (tertiary alicyclic amines) is 1. The SMILES string of the molecule is Cn1cccc1-c1noc(C2CCN(C(=O)c3cccnc3)CC2)n1. The van der Waals surface area contributed by atoms with Gasteiger partial charge in [0.15, 0.2) is 0 Å². The van der Waals surface area contributed by atoms with Crippen molar-refractivity contribution in [2.75, 3.05) is 13.1 Å². The maximum atomic E-state index is 12.5. The third-order valence-corrected chi connectivity index (χ3v) is 4.65. The molecule has 1 saturated heterocycles. The Balaban J connectivity index is 1.42. The third kappa shape index (κ3) is 3.05. The van der Waals surface area contributed by atoms with Gasteiger partial charge in [-0.25, -0.2) is 0 Å². The van der Waals surface area contributed by atoms with E-state index in [4.69, 9.17) is 4.52 Å². The Hall–Kier alpha value is -2.96. The van der Waals surface area contributed by atoms with Crippen molar-refractivity contribution < 1.29 is 9.32 Å². The number of aromatic nitrogens is 4. The second-order valence-electron chi connectivity index (χ2n) is 6.27. The lowest BCUT2D eigenvalue weighted by Crippen LogP contribution is -2.38. The molecule has 7 nitrogen and oxygen atoms in total. The van der Waals surface area contributed by atoms with Gasteiger partial charge < -0.3 is 14.0 Å². The van der Waals surface area contributed by atoms with Crippen LogP contribution in [0.15, 0.2) is 47.4 Å². The summed E-state index contributed by atoms with van der Waals surface area (Å²) < 4.78 is 7.44. The number of rotatable bonds is 3. The van der Waals surface area contributed by atoms with Gasteiger partial charge in [-0.3, -0.25) is 9.78 Å². The summed E-state index contributed by atoms with van der Waals surface area (Å²) in [6, 6.07) is 7.49. The summed E-state index contributed by atoms with van der Waals surface area (Å²) in [5, 5.41) is 4.10. The maximum Gasteiger partial charge on any atom is 0.255 e. The van der Waals surface area contributed by atoms with Crippen molar-refractivity contribution in [3.63, 3.8) is 0 Å². The van der Waals surface area contributed by atoms with Crippen molar-refractivity contribution in [3.8, 4) is 11.5 Å². The number of piperidine rings is 1. The van der Waals surface area contributed by atoms with Crippen molar-refractivity contribution in [1.29, 1.82) is 0 Å². The van der Waals surface area contributed by atoms with E-state index in [2.05, 4.69) is 15.1 Å². The Morgan fingerprint density at radius 2 is 2.08 bits per heavy atom. The molecule has 7 heteroatoms. The van der Waals surface area contributed by atoms with E-state index in [0.717, 1.165) is 18.5 Å². The van der Waals surface area contributed by atoms with Crippen LogP contribution in [0.2, 0.25) is 0 Å². The van der Waals surface area contributed by atoms with Crippen LogP contribution in [0.25, 0.3) is 11.5 Å². The molecule has 1 aliphatic rings. The van der Waals surface area contributed by atoms with E-state index in [1.54, 1.807) is 24.5 Å². The van der Waals surface area contributed by atoms with Crippen LogP contribution in [0.1, 0.15) is 35.0 Å². The van der Waals surface area contributed by atoms with Gasteiger partial charge in [-0.2, -0.15) is 4.98 Å². The number of pyridine rings is 1. The molecule has 0 aromatic carbocycles. The van der Waals surface area contributed by atoms with Crippen LogP contribution in [0, 0.1) is 0 Å². The first-order valence-corrected chi connectivity index (χ1v) is 8.37. The minimum Gasteiger partial charge on any atom is -0.348 e. The smallest absolute Gasteiger partial charge is 0.255 e. The van der Waals surface area contributed by atoms with Gasteiger partial charge in [-0.05, 0) is 37.1 Å². The summed E-state index contributed by atoms with van der Waals surface area (Å²) >= 11 is 0. The molecule has 0 radical (unpaired) electrons. The van der Waals surface area contributed by atoms with Gasteiger partial charge in [0.05, 0.1) is 11.3 Å². The second-order valence-corrected chi connectivity index (χ2v) is 6.27. The van der Waals surface area contributed by atoms with E-state index in [-0.39, 0.29) is 11.8 Å². The summed E-state index contributed by atoms with van der Waals surface area (Å²) in [5.74, 6) is 1.49.